The first-order valence-corrected chi connectivity index (χ1v) is 10.7. The van der Waals surface area contributed by atoms with Crippen LogP contribution in [0, 0.1) is 28.6 Å². The Labute approximate surface area is 171 Å². The molecule has 0 amide bonds. The van der Waals surface area contributed by atoms with Crippen LogP contribution in [-0.2, 0) is 14.3 Å². The Bertz CT molecular complexity index is 796. The van der Waals surface area contributed by atoms with Gasteiger partial charge in [0, 0.05) is 18.3 Å². The molecule has 4 rings (SSSR count). The number of fused-ring (bicyclic) bond motifs is 5. The molecule has 0 aliphatic heterocycles. The van der Waals surface area contributed by atoms with E-state index in [4.69, 9.17) is 16.3 Å². The highest BCUT2D eigenvalue weighted by Gasteiger charge is 2.60. The molecule has 7 atom stereocenters. The van der Waals surface area contributed by atoms with Crippen molar-refractivity contribution in [3.8, 4) is 0 Å². The van der Waals surface area contributed by atoms with Gasteiger partial charge in [-0.3, -0.25) is 9.59 Å². The fourth-order valence-corrected chi connectivity index (χ4v) is 7.09. The first-order chi connectivity index (χ1) is 13.2. The molecule has 0 saturated heterocycles. The van der Waals surface area contributed by atoms with Crippen LogP contribution in [-0.4, -0.2) is 34.9 Å². The van der Waals surface area contributed by atoms with Crippen molar-refractivity contribution in [2.24, 2.45) is 28.6 Å². The van der Waals surface area contributed by atoms with Gasteiger partial charge in [-0.25, -0.2) is 0 Å². The molecular weight excluding hydrogens is 376 g/mol. The summed E-state index contributed by atoms with van der Waals surface area (Å²) in [5.41, 5.74) is 1.84. The number of halogens is 1. The number of carbonyl (C=O) groups is 2. The molecule has 0 aromatic carbocycles. The summed E-state index contributed by atoms with van der Waals surface area (Å²) in [4.78, 5) is 23.1. The molecular formula is C23H29ClO4. The molecule has 4 aliphatic rings. The topological polar surface area (TPSA) is 63.6 Å². The van der Waals surface area contributed by atoms with E-state index in [0.717, 1.165) is 24.8 Å². The quantitative estimate of drug-likeness (QED) is 0.439. The van der Waals surface area contributed by atoms with E-state index in [1.54, 1.807) is 12.2 Å². The zero-order valence-corrected chi connectivity index (χ0v) is 17.5. The van der Waals surface area contributed by atoms with Crippen LogP contribution in [0.4, 0.5) is 0 Å². The van der Waals surface area contributed by atoms with Crippen LogP contribution in [0.2, 0.25) is 0 Å². The van der Waals surface area contributed by atoms with E-state index in [0.29, 0.717) is 18.3 Å². The van der Waals surface area contributed by atoms with Gasteiger partial charge in [0.25, 0.3) is 0 Å². The van der Waals surface area contributed by atoms with Crippen molar-refractivity contribution >= 4 is 23.4 Å². The van der Waals surface area contributed by atoms with Crippen LogP contribution in [0.1, 0.15) is 46.5 Å². The van der Waals surface area contributed by atoms with Crippen molar-refractivity contribution in [3.05, 3.63) is 35.5 Å². The number of ketones is 1. The predicted octanol–water partition coefficient (Wildman–Crippen LogP) is 3.97. The normalized spacial score (nSPS) is 42.7. The maximum Gasteiger partial charge on any atom is 0.302 e. The van der Waals surface area contributed by atoms with Crippen molar-refractivity contribution < 1.29 is 19.4 Å². The minimum absolute atomic E-state index is 0.0568. The zero-order chi connectivity index (χ0) is 20.3. The van der Waals surface area contributed by atoms with Gasteiger partial charge in [-0.05, 0) is 60.7 Å². The summed E-state index contributed by atoms with van der Waals surface area (Å²) in [6, 6.07) is 0. The molecule has 0 spiro atoms. The number of allylic oxidation sites excluding steroid dienone is 5. The van der Waals surface area contributed by atoms with E-state index in [1.807, 2.05) is 6.08 Å². The molecule has 2 saturated carbocycles. The van der Waals surface area contributed by atoms with Crippen molar-refractivity contribution in [3.63, 3.8) is 0 Å². The molecule has 152 valence electrons. The van der Waals surface area contributed by atoms with Crippen LogP contribution in [0.25, 0.3) is 0 Å². The Morgan fingerprint density at radius 2 is 2.18 bits per heavy atom. The molecule has 0 bridgehead atoms. The number of rotatable bonds is 3. The van der Waals surface area contributed by atoms with Gasteiger partial charge in [0.1, 0.15) is 6.61 Å². The number of aliphatic hydroxyl groups is 1. The molecule has 0 aromatic rings. The van der Waals surface area contributed by atoms with Crippen molar-refractivity contribution in [1.82, 2.24) is 0 Å². The van der Waals surface area contributed by atoms with Crippen LogP contribution < -0.4 is 0 Å². The van der Waals surface area contributed by atoms with Gasteiger partial charge in [0.2, 0.25) is 0 Å². The van der Waals surface area contributed by atoms with Gasteiger partial charge in [0.05, 0.1) is 11.5 Å². The van der Waals surface area contributed by atoms with Crippen LogP contribution in [0.5, 0.6) is 0 Å². The van der Waals surface area contributed by atoms with Crippen molar-refractivity contribution in [1.29, 1.82) is 0 Å². The average molecular weight is 405 g/mol. The lowest BCUT2D eigenvalue weighted by Gasteiger charge is -2.58. The number of esters is 1. The number of hydrogen-bond acceptors (Lipinski definition) is 4. The molecule has 1 N–H and O–H groups in total. The van der Waals surface area contributed by atoms with Gasteiger partial charge in [-0.2, -0.15) is 0 Å². The van der Waals surface area contributed by atoms with Crippen molar-refractivity contribution in [2.45, 2.75) is 57.9 Å². The maximum absolute atomic E-state index is 11.9. The predicted molar refractivity (Wildman–Crippen MR) is 108 cm³/mol. The maximum atomic E-state index is 11.9. The Kier molecular flexibility index (Phi) is 4.86. The average Bonchev–Trinajstić information content (AvgIpc) is 2.96. The Morgan fingerprint density at radius 1 is 1.43 bits per heavy atom. The Balaban J connectivity index is 1.62. The third-order valence-electron chi connectivity index (χ3n) is 7.91. The lowest BCUT2D eigenvalue weighted by Crippen LogP contribution is -2.55. The largest absolute Gasteiger partial charge is 0.464 e. The molecule has 5 heteroatoms. The van der Waals surface area contributed by atoms with E-state index in [2.05, 4.69) is 19.9 Å². The minimum Gasteiger partial charge on any atom is -0.464 e. The second-order valence-electron chi connectivity index (χ2n) is 9.38. The summed E-state index contributed by atoms with van der Waals surface area (Å²) in [6.45, 7) is 5.96. The van der Waals surface area contributed by atoms with E-state index in [-0.39, 0.29) is 40.5 Å². The van der Waals surface area contributed by atoms with Crippen LogP contribution in [0.15, 0.2) is 35.5 Å². The van der Waals surface area contributed by atoms with Crippen LogP contribution >= 0.6 is 11.6 Å². The second kappa shape index (κ2) is 6.84. The number of aliphatic hydroxyl groups excluding tert-OH is 1. The number of ether oxygens (including phenoxy) is 1. The van der Waals surface area contributed by atoms with Gasteiger partial charge >= 0.3 is 5.97 Å². The first kappa shape index (κ1) is 19.9. The monoisotopic (exact) mass is 404 g/mol. The number of hydrogen-bond donors (Lipinski definition) is 1. The number of carbonyl (C=O) groups excluding carboxylic acids is 2. The zero-order valence-electron chi connectivity index (χ0n) is 16.8. The lowest BCUT2D eigenvalue weighted by molar-refractivity contribution is -0.141. The summed E-state index contributed by atoms with van der Waals surface area (Å²) >= 11 is 6.63. The summed E-state index contributed by atoms with van der Waals surface area (Å²) in [7, 11) is 0. The summed E-state index contributed by atoms with van der Waals surface area (Å²) in [5.74, 6) is 0.637. The first-order valence-electron chi connectivity index (χ1n) is 10.3. The summed E-state index contributed by atoms with van der Waals surface area (Å²) in [5, 5.41) is 10.9. The van der Waals surface area contributed by atoms with E-state index < -0.39 is 6.10 Å². The fourth-order valence-electron chi connectivity index (χ4n) is 6.69. The lowest BCUT2D eigenvalue weighted by atomic mass is 9.47. The van der Waals surface area contributed by atoms with Gasteiger partial charge < -0.3 is 9.84 Å². The highest BCUT2D eigenvalue weighted by molar-refractivity contribution is 6.22. The minimum atomic E-state index is -0.461. The number of alkyl halides is 1. The Morgan fingerprint density at radius 3 is 2.89 bits per heavy atom. The third kappa shape index (κ3) is 2.91. The third-order valence-corrected chi connectivity index (χ3v) is 8.27. The highest BCUT2D eigenvalue weighted by Crippen LogP contribution is 2.65. The molecule has 0 heterocycles. The highest BCUT2D eigenvalue weighted by atomic mass is 35.5. The molecule has 2 fully saturated rings. The molecule has 4 nitrogen and oxygen atoms in total. The SMILES string of the molecule is CC(=O)OC[C@H](Cl)C1=CC[C@@H]2[C@H]3CCC4=CC(=O)C=C[C@]4(C)[C@@H]3[C@@H](O)C[C@@]12C. The molecule has 0 aromatic heterocycles. The van der Waals surface area contributed by atoms with Crippen LogP contribution in [0.3, 0.4) is 0 Å². The Hall–Kier alpha value is -1.39. The summed E-state index contributed by atoms with van der Waals surface area (Å²) in [6.07, 6.45) is 10.7. The molecule has 28 heavy (non-hydrogen) atoms. The second-order valence-corrected chi connectivity index (χ2v) is 9.90. The van der Waals surface area contributed by atoms with Gasteiger partial charge in [-0.1, -0.05) is 31.6 Å². The van der Waals surface area contributed by atoms with Crippen molar-refractivity contribution in [2.75, 3.05) is 6.61 Å². The fraction of sp³-hybridized carbons (Fsp3) is 0.652. The summed E-state index contributed by atoms with van der Waals surface area (Å²) < 4.78 is 5.15. The van der Waals surface area contributed by atoms with E-state index in [1.165, 1.54) is 12.5 Å². The van der Waals surface area contributed by atoms with Gasteiger partial charge in [-0.15, -0.1) is 11.6 Å². The molecule has 0 unspecified atom stereocenters. The van der Waals surface area contributed by atoms with E-state index in [9.17, 15) is 14.7 Å². The van der Waals surface area contributed by atoms with E-state index >= 15 is 0 Å². The van der Waals surface area contributed by atoms with Gasteiger partial charge in [0.15, 0.2) is 5.78 Å². The standard InChI is InChI=1S/C23H29ClO4/c1-13(25)28-12-19(24)18-7-6-17-16-5-4-14-10-15(26)8-9-22(14,2)21(16)20(27)11-23(17,18)3/h7-10,16-17,19-21,27H,4-6,11-12H2,1-3H3/t16-,17-,19+,20+,21+,22+,23-/m1/s1. The molecule has 4 aliphatic carbocycles. The smallest absolute Gasteiger partial charge is 0.302 e. The molecule has 0 radical (unpaired) electrons.